The van der Waals surface area contributed by atoms with Crippen molar-refractivity contribution in [3.8, 4) is 0 Å². The molecule has 0 unspecified atom stereocenters. The largest absolute Gasteiger partial charge is 0.383 e. The number of likely N-dealkylation sites (tertiary alicyclic amines) is 1. The molecule has 0 aliphatic carbocycles. The van der Waals surface area contributed by atoms with Crippen LogP contribution < -0.4 is 10.6 Å². The van der Waals surface area contributed by atoms with Crippen molar-refractivity contribution in [2.24, 2.45) is 0 Å². The predicted molar refractivity (Wildman–Crippen MR) is 73.9 cm³/mol. The first-order valence-corrected chi connectivity index (χ1v) is 6.79. The Kier molecular flexibility index (Phi) is 4.89. The zero-order chi connectivity index (χ0) is 14.5. The molecule has 1 fully saturated rings. The Morgan fingerprint density at radius 2 is 1.85 bits per heavy atom. The summed E-state index contributed by atoms with van der Waals surface area (Å²) in [4.78, 5) is 14.1. The van der Waals surface area contributed by atoms with Crippen molar-refractivity contribution >= 4 is 11.6 Å². The van der Waals surface area contributed by atoms with Crippen molar-refractivity contribution in [3.05, 3.63) is 29.3 Å². The maximum Gasteiger partial charge on any atom is 0.251 e. The molecule has 1 aliphatic heterocycles. The average molecular weight is 283 g/mol. The minimum Gasteiger partial charge on any atom is -0.383 e. The van der Waals surface area contributed by atoms with Gasteiger partial charge in [0, 0.05) is 25.7 Å². The zero-order valence-corrected chi connectivity index (χ0v) is 11.5. The molecule has 1 aliphatic rings. The van der Waals surface area contributed by atoms with Crippen LogP contribution in [0.15, 0.2) is 12.1 Å². The van der Waals surface area contributed by atoms with Crippen LogP contribution in [0, 0.1) is 11.6 Å². The molecule has 0 aromatic heterocycles. The smallest absolute Gasteiger partial charge is 0.251 e. The van der Waals surface area contributed by atoms with E-state index in [1.54, 1.807) is 0 Å². The van der Waals surface area contributed by atoms with E-state index in [4.69, 9.17) is 0 Å². The number of benzene rings is 1. The number of carbonyl (C=O) groups excluding carboxylic acids is 1. The normalized spacial score (nSPS) is 15.3. The highest BCUT2D eigenvalue weighted by Crippen LogP contribution is 2.20. The van der Waals surface area contributed by atoms with Gasteiger partial charge in [-0.05, 0) is 38.1 Å². The molecule has 0 radical (unpaired) electrons. The van der Waals surface area contributed by atoms with Gasteiger partial charge in [-0.25, -0.2) is 8.78 Å². The van der Waals surface area contributed by atoms with Gasteiger partial charge in [-0.3, -0.25) is 4.79 Å². The third kappa shape index (κ3) is 3.45. The fraction of sp³-hybridized carbons (Fsp3) is 0.500. The maximum absolute atomic E-state index is 13.5. The summed E-state index contributed by atoms with van der Waals surface area (Å²) in [7, 11) is 1.43. The van der Waals surface area contributed by atoms with Gasteiger partial charge in [-0.15, -0.1) is 0 Å². The molecule has 0 saturated carbocycles. The standard InChI is InChI=1S/C14H19F2N3O/c1-17-13-11(15)8-10(9-12(13)16)14(20)18-4-7-19-5-2-3-6-19/h8-9,17H,2-7H2,1H3,(H,18,20). The summed E-state index contributed by atoms with van der Waals surface area (Å²) in [5.74, 6) is -1.99. The maximum atomic E-state index is 13.5. The van der Waals surface area contributed by atoms with Gasteiger partial charge in [0.05, 0.1) is 0 Å². The molecule has 1 amide bonds. The Morgan fingerprint density at radius 3 is 2.40 bits per heavy atom. The zero-order valence-electron chi connectivity index (χ0n) is 11.5. The third-order valence-electron chi connectivity index (χ3n) is 3.47. The molecule has 0 bridgehead atoms. The van der Waals surface area contributed by atoms with E-state index in [9.17, 15) is 13.6 Å². The Morgan fingerprint density at radius 1 is 1.25 bits per heavy atom. The van der Waals surface area contributed by atoms with E-state index in [-0.39, 0.29) is 11.3 Å². The molecular formula is C14H19F2N3O. The quantitative estimate of drug-likeness (QED) is 0.866. The van der Waals surface area contributed by atoms with E-state index in [0.717, 1.165) is 31.8 Å². The van der Waals surface area contributed by atoms with Crippen molar-refractivity contribution in [1.82, 2.24) is 10.2 Å². The number of anilines is 1. The van der Waals surface area contributed by atoms with Crippen LogP contribution in [0.4, 0.5) is 14.5 Å². The molecule has 2 N–H and O–H groups in total. The lowest BCUT2D eigenvalue weighted by Gasteiger charge is -2.15. The van der Waals surface area contributed by atoms with Crippen LogP contribution in [0.3, 0.4) is 0 Å². The van der Waals surface area contributed by atoms with Gasteiger partial charge < -0.3 is 15.5 Å². The molecule has 4 nitrogen and oxygen atoms in total. The summed E-state index contributed by atoms with van der Waals surface area (Å²) in [6.07, 6.45) is 2.38. The predicted octanol–water partition coefficient (Wildman–Crippen LogP) is 1.83. The summed E-state index contributed by atoms with van der Waals surface area (Å²) in [6.45, 7) is 3.35. The topological polar surface area (TPSA) is 44.4 Å². The van der Waals surface area contributed by atoms with E-state index in [0.29, 0.717) is 6.54 Å². The summed E-state index contributed by atoms with van der Waals surface area (Å²) in [6, 6.07) is 2.08. The molecule has 0 atom stereocenters. The Hall–Kier alpha value is -1.69. The van der Waals surface area contributed by atoms with Gasteiger partial charge in [0.25, 0.3) is 5.91 Å². The Labute approximate surface area is 117 Å². The van der Waals surface area contributed by atoms with E-state index < -0.39 is 17.5 Å². The second-order valence-corrected chi connectivity index (χ2v) is 4.87. The summed E-state index contributed by atoms with van der Waals surface area (Å²) >= 11 is 0. The van der Waals surface area contributed by atoms with Gasteiger partial charge in [-0.1, -0.05) is 0 Å². The van der Waals surface area contributed by atoms with Crippen LogP contribution in [0.25, 0.3) is 0 Å². The molecule has 1 heterocycles. The lowest BCUT2D eigenvalue weighted by atomic mass is 10.1. The van der Waals surface area contributed by atoms with Crippen molar-refractivity contribution in [2.45, 2.75) is 12.8 Å². The Balaban J connectivity index is 1.91. The number of carbonyl (C=O) groups is 1. The first kappa shape index (κ1) is 14.7. The van der Waals surface area contributed by atoms with Gasteiger partial charge in [0.15, 0.2) is 0 Å². The number of amides is 1. The first-order valence-electron chi connectivity index (χ1n) is 6.79. The second kappa shape index (κ2) is 6.65. The van der Waals surface area contributed by atoms with E-state index in [1.165, 1.54) is 19.9 Å². The third-order valence-corrected chi connectivity index (χ3v) is 3.47. The molecule has 2 rings (SSSR count). The van der Waals surface area contributed by atoms with Crippen molar-refractivity contribution in [1.29, 1.82) is 0 Å². The molecule has 20 heavy (non-hydrogen) atoms. The molecule has 0 spiro atoms. The van der Waals surface area contributed by atoms with Crippen LogP contribution in [-0.2, 0) is 0 Å². The second-order valence-electron chi connectivity index (χ2n) is 4.87. The highest BCUT2D eigenvalue weighted by molar-refractivity contribution is 5.94. The molecule has 1 saturated heterocycles. The molecule has 1 aromatic carbocycles. The lowest BCUT2D eigenvalue weighted by Crippen LogP contribution is -2.33. The van der Waals surface area contributed by atoms with Crippen molar-refractivity contribution in [2.75, 3.05) is 38.5 Å². The number of nitrogens with one attached hydrogen (secondary N) is 2. The Bertz CT molecular complexity index is 464. The van der Waals surface area contributed by atoms with Crippen LogP contribution >= 0.6 is 0 Å². The highest BCUT2D eigenvalue weighted by atomic mass is 19.1. The SMILES string of the molecule is CNc1c(F)cc(C(=O)NCCN2CCCC2)cc1F. The lowest BCUT2D eigenvalue weighted by molar-refractivity contribution is 0.0949. The van der Waals surface area contributed by atoms with Crippen LogP contribution in [0.1, 0.15) is 23.2 Å². The summed E-state index contributed by atoms with van der Waals surface area (Å²) < 4.78 is 27.1. The molecule has 110 valence electrons. The number of hydrogen-bond donors (Lipinski definition) is 2. The number of halogens is 2. The summed E-state index contributed by atoms with van der Waals surface area (Å²) in [5, 5.41) is 5.10. The van der Waals surface area contributed by atoms with E-state index >= 15 is 0 Å². The van der Waals surface area contributed by atoms with Crippen molar-refractivity contribution < 1.29 is 13.6 Å². The van der Waals surface area contributed by atoms with Crippen LogP contribution in [0.5, 0.6) is 0 Å². The van der Waals surface area contributed by atoms with Gasteiger partial charge in [-0.2, -0.15) is 0 Å². The number of hydrogen-bond acceptors (Lipinski definition) is 3. The van der Waals surface area contributed by atoms with Crippen LogP contribution in [-0.4, -0.2) is 44.0 Å². The fourth-order valence-corrected chi connectivity index (χ4v) is 2.38. The minimum atomic E-state index is -0.766. The average Bonchev–Trinajstić information content (AvgIpc) is 2.91. The van der Waals surface area contributed by atoms with Crippen LogP contribution in [0.2, 0.25) is 0 Å². The van der Waals surface area contributed by atoms with Gasteiger partial charge >= 0.3 is 0 Å². The molecule has 6 heteroatoms. The monoisotopic (exact) mass is 283 g/mol. The molecule has 1 aromatic rings. The van der Waals surface area contributed by atoms with E-state index in [2.05, 4.69) is 15.5 Å². The highest BCUT2D eigenvalue weighted by Gasteiger charge is 2.15. The van der Waals surface area contributed by atoms with E-state index in [1.807, 2.05) is 0 Å². The number of nitrogens with zero attached hydrogens (tertiary/aromatic N) is 1. The van der Waals surface area contributed by atoms with Gasteiger partial charge in [0.2, 0.25) is 0 Å². The fourth-order valence-electron chi connectivity index (χ4n) is 2.38. The molecular weight excluding hydrogens is 264 g/mol. The minimum absolute atomic E-state index is 0.000391. The van der Waals surface area contributed by atoms with Crippen molar-refractivity contribution in [3.63, 3.8) is 0 Å². The summed E-state index contributed by atoms with van der Waals surface area (Å²) in [5.41, 5.74) is -0.223. The first-order chi connectivity index (χ1) is 9.61. The number of rotatable bonds is 5. The van der Waals surface area contributed by atoms with Gasteiger partial charge in [0.1, 0.15) is 17.3 Å².